The first-order valence-corrected chi connectivity index (χ1v) is 4.61. The molecule has 0 saturated heterocycles. The van der Waals surface area contributed by atoms with Gasteiger partial charge in [0, 0.05) is 26.1 Å². The highest BCUT2D eigenvalue weighted by atomic mass is 15.1. The molecule has 1 aliphatic heterocycles. The maximum atomic E-state index is 7.50. The largest absolute Gasteiger partial charge is 0.367 e. The number of anilines is 1. The van der Waals surface area contributed by atoms with Crippen molar-refractivity contribution in [2.45, 2.75) is 12.8 Å². The molecule has 13 heavy (non-hydrogen) atoms. The summed E-state index contributed by atoms with van der Waals surface area (Å²) < 4.78 is 7.50. The number of hydrogen-bond acceptors (Lipinski definition) is 1. The average molecular weight is 174 g/mol. The number of hydrogen-bond donors (Lipinski definition) is 0. The van der Waals surface area contributed by atoms with Gasteiger partial charge in [0.25, 0.3) is 0 Å². The molecule has 0 aliphatic carbocycles. The summed E-state index contributed by atoms with van der Waals surface area (Å²) in [7, 11) is 0. The van der Waals surface area contributed by atoms with E-state index in [0.717, 1.165) is 13.1 Å². The maximum Gasteiger partial charge on any atom is 0.0405 e. The first kappa shape index (κ1) is 7.19. The molecular formula is C12H15N. The van der Waals surface area contributed by atoms with Gasteiger partial charge in [0.1, 0.15) is 0 Å². The number of para-hydroxylation sites is 1. The van der Waals surface area contributed by atoms with Crippen LogP contribution in [-0.4, -0.2) is 13.1 Å². The van der Waals surface area contributed by atoms with Gasteiger partial charge in [-0.3, -0.25) is 0 Å². The van der Waals surface area contributed by atoms with E-state index in [4.69, 9.17) is 1.37 Å². The van der Waals surface area contributed by atoms with Gasteiger partial charge in [0.2, 0.25) is 0 Å². The van der Waals surface area contributed by atoms with E-state index in [1.165, 1.54) is 11.3 Å². The summed E-state index contributed by atoms with van der Waals surface area (Å²) in [5.41, 5.74) is 2.61. The van der Waals surface area contributed by atoms with Crippen LogP contribution >= 0.6 is 0 Å². The van der Waals surface area contributed by atoms with Crippen molar-refractivity contribution >= 4 is 5.69 Å². The second-order valence-corrected chi connectivity index (χ2v) is 3.45. The minimum absolute atomic E-state index is 0.381. The van der Waals surface area contributed by atoms with Gasteiger partial charge in [-0.25, -0.2) is 0 Å². The van der Waals surface area contributed by atoms with Crippen LogP contribution in [0.5, 0.6) is 0 Å². The molecular weight excluding hydrogens is 158 g/mol. The fraction of sp³-hybridized carbons (Fsp3) is 0.333. The van der Waals surface area contributed by atoms with Crippen LogP contribution in [0.25, 0.3) is 0 Å². The molecule has 1 aromatic rings. The maximum absolute atomic E-state index is 7.50. The molecule has 0 spiro atoms. The minimum atomic E-state index is 0.381. The van der Waals surface area contributed by atoms with Gasteiger partial charge in [-0.15, -0.1) is 6.58 Å². The molecule has 1 heteroatoms. The third-order valence-corrected chi connectivity index (χ3v) is 2.51. The SMILES string of the molecule is [2H]CC1CN(CC=C)c2ccccc21. The Hall–Kier alpha value is -1.24. The molecule has 0 saturated carbocycles. The second-order valence-electron chi connectivity index (χ2n) is 3.45. The van der Waals surface area contributed by atoms with E-state index in [1.54, 1.807) is 0 Å². The first-order chi connectivity index (χ1) is 6.86. The number of benzene rings is 1. The third kappa shape index (κ3) is 1.35. The molecule has 1 atom stereocenters. The molecule has 1 unspecified atom stereocenters. The molecule has 1 nitrogen and oxygen atoms in total. The van der Waals surface area contributed by atoms with Crippen molar-refractivity contribution in [1.82, 2.24) is 0 Å². The number of rotatable bonds is 2. The predicted molar refractivity (Wildman–Crippen MR) is 57.3 cm³/mol. The molecule has 0 N–H and O–H groups in total. The molecule has 0 fully saturated rings. The Morgan fingerprint density at radius 3 is 3.31 bits per heavy atom. The minimum Gasteiger partial charge on any atom is -0.367 e. The molecule has 0 radical (unpaired) electrons. The Labute approximate surface area is 81.1 Å². The fourth-order valence-corrected chi connectivity index (χ4v) is 1.91. The zero-order valence-corrected chi connectivity index (χ0v) is 7.74. The predicted octanol–water partition coefficient (Wildman–Crippen LogP) is 2.80. The van der Waals surface area contributed by atoms with Crippen molar-refractivity contribution in [3.05, 3.63) is 42.5 Å². The Bertz CT molecular complexity index is 335. The summed E-state index contributed by atoms with van der Waals surface area (Å²) >= 11 is 0. The molecule has 1 heterocycles. The van der Waals surface area contributed by atoms with Crippen molar-refractivity contribution in [3.8, 4) is 0 Å². The van der Waals surface area contributed by atoms with Crippen LogP contribution in [0.3, 0.4) is 0 Å². The Kier molecular flexibility index (Phi) is 1.80. The van der Waals surface area contributed by atoms with Gasteiger partial charge in [-0.2, -0.15) is 0 Å². The summed E-state index contributed by atoms with van der Waals surface area (Å²) in [6.45, 7) is 6.09. The summed E-state index contributed by atoms with van der Waals surface area (Å²) in [6.07, 6.45) is 1.92. The Morgan fingerprint density at radius 2 is 2.54 bits per heavy atom. The lowest BCUT2D eigenvalue weighted by atomic mass is 10.0. The van der Waals surface area contributed by atoms with Crippen LogP contribution in [0.15, 0.2) is 36.9 Å². The Morgan fingerprint density at radius 1 is 1.69 bits per heavy atom. The normalized spacial score (nSPS) is 21.1. The van der Waals surface area contributed by atoms with Crippen LogP contribution in [0.2, 0.25) is 0 Å². The van der Waals surface area contributed by atoms with E-state index in [2.05, 4.69) is 35.7 Å². The lowest BCUT2D eigenvalue weighted by molar-refractivity contribution is 0.777. The molecule has 0 bridgehead atoms. The lowest BCUT2D eigenvalue weighted by Gasteiger charge is -2.16. The highest BCUT2D eigenvalue weighted by molar-refractivity contribution is 5.60. The van der Waals surface area contributed by atoms with Crippen molar-refractivity contribution in [1.29, 1.82) is 0 Å². The van der Waals surface area contributed by atoms with E-state index < -0.39 is 0 Å². The van der Waals surface area contributed by atoms with E-state index in [0.29, 0.717) is 12.8 Å². The van der Waals surface area contributed by atoms with Crippen LogP contribution < -0.4 is 4.90 Å². The fourth-order valence-electron chi connectivity index (χ4n) is 1.91. The summed E-state index contributed by atoms with van der Waals surface area (Å²) in [6, 6.07) is 8.38. The smallest absolute Gasteiger partial charge is 0.0405 e. The van der Waals surface area contributed by atoms with Crippen LogP contribution in [0.1, 0.15) is 19.8 Å². The van der Waals surface area contributed by atoms with E-state index in [9.17, 15) is 0 Å². The molecule has 1 aromatic carbocycles. The van der Waals surface area contributed by atoms with E-state index >= 15 is 0 Å². The number of nitrogens with zero attached hydrogens (tertiary/aromatic N) is 1. The van der Waals surface area contributed by atoms with E-state index in [-0.39, 0.29) is 0 Å². The molecule has 1 aliphatic rings. The summed E-state index contributed by atoms with van der Waals surface area (Å²) in [4.78, 5) is 2.29. The highest BCUT2D eigenvalue weighted by Gasteiger charge is 2.23. The van der Waals surface area contributed by atoms with Crippen molar-refractivity contribution < 1.29 is 1.37 Å². The lowest BCUT2D eigenvalue weighted by Crippen LogP contribution is -2.20. The topological polar surface area (TPSA) is 3.24 Å². The zero-order chi connectivity index (χ0) is 9.97. The van der Waals surface area contributed by atoms with Gasteiger partial charge < -0.3 is 4.90 Å². The van der Waals surface area contributed by atoms with Crippen LogP contribution in [-0.2, 0) is 0 Å². The molecule has 0 amide bonds. The third-order valence-electron chi connectivity index (χ3n) is 2.51. The molecule has 68 valence electrons. The van der Waals surface area contributed by atoms with E-state index in [1.807, 2.05) is 6.08 Å². The summed E-state index contributed by atoms with van der Waals surface area (Å²) in [5.74, 6) is 0.381. The van der Waals surface area contributed by atoms with Crippen LogP contribution in [0.4, 0.5) is 5.69 Å². The van der Waals surface area contributed by atoms with Gasteiger partial charge in [0.05, 0.1) is 0 Å². The van der Waals surface area contributed by atoms with Crippen molar-refractivity contribution in [2.24, 2.45) is 0 Å². The quantitative estimate of drug-likeness (QED) is 0.623. The molecule has 0 aromatic heterocycles. The first-order valence-electron chi connectivity index (χ1n) is 5.31. The second kappa shape index (κ2) is 3.25. The standard InChI is InChI=1S/C12H15N/c1-3-8-13-9-10(2)11-6-4-5-7-12(11)13/h3-7,10H,1,8-9H2,2H3/i2D. The monoisotopic (exact) mass is 174 g/mol. The zero-order valence-electron chi connectivity index (χ0n) is 8.74. The highest BCUT2D eigenvalue weighted by Crippen LogP contribution is 2.35. The molecule has 2 rings (SSSR count). The van der Waals surface area contributed by atoms with Gasteiger partial charge in [0.15, 0.2) is 0 Å². The summed E-state index contributed by atoms with van der Waals surface area (Å²) in [5, 5.41) is 0. The Balaban J connectivity index is 2.33. The number of fused-ring (bicyclic) bond motifs is 1. The average Bonchev–Trinajstić information content (AvgIpc) is 2.58. The van der Waals surface area contributed by atoms with Crippen molar-refractivity contribution in [3.63, 3.8) is 0 Å². The van der Waals surface area contributed by atoms with Gasteiger partial charge >= 0.3 is 0 Å². The van der Waals surface area contributed by atoms with Gasteiger partial charge in [-0.1, -0.05) is 31.2 Å². The van der Waals surface area contributed by atoms with Crippen molar-refractivity contribution in [2.75, 3.05) is 18.0 Å². The van der Waals surface area contributed by atoms with Crippen LogP contribution in [0, 0.1) is 0 Å². The van der Waals surface area contributed by atoms with Gasteiger partial charge in [-0.05, 0) is 11.6 Å².